The number of carbonyl (C=O) groups excluding carboxylic acids is 1. The summed E-state index contributed by atoms with van der Waals surface area (Å²) in [6, 6.07) is 6.70. The smallest absolute Gasteiger partial charge is 0.275 e. The summed E-state index contributed by atoms with van der Waals surface area (Å²) < 4.78 is 0. The number of carbonyl (C=O) groups is 1. The van der Waals surface area contributed by atoms with Crippen LogP contribution in [0.1, 0.15) is 16.1 Å². The summed E-state index contributed by atoms with van der Waals surface area (Å²) in [6.07, 6.45) is 4.24. The molecule has 0 fully saturated rings. The fourth-order valence-electron chi connectivity index (χ4n) is 1.47. The number of aromatic nitrogens is 2. The molecule has 0 bridgehead atoms. The van der Waals surface area contributed by atoms with E-state index in [-0.39, 0.29) is 11.5 Å². The van der Waals surface area contributed by atoms with Crippen molar-refractivity contribution in [2.24, 2.45) is 10.9 Å². The number of amidine groups is 1. The summed E-state index contributed by atoms with van der Waals surface area (Å²) in [5, 5.41) is 14.2. The molecule has 0 spiro atoms. The first-order chi connectivity index (χ1) is 9.22. The van der Waals surface area contributed by atoms with Crippen molar-refractivity contribution < 1.29 is 10.0 Å². The Kier molecular flexibility index (Phi) is 3.67. The van der Waals surface area contributed by atoms with Gasteiger partial charge in [0.15, 0.2) is 5.84 Å². The highest BCUT2D eigenvalue weighted by atomic mass is 16.4. The van der Waals surface area contributed by atoms with Crippen molar-refractivity contribution in [3.05, 3.63) is 54.1 Å². The number of amides is 1. The molecule has 0 saturated carbocycles. The summed E-state index contributed by atoms with van der Waals surface area (Å²) in [4.78, 5) is 19.6. The second-order valence-corrected chi connectivity index (χ2v) is 3.58. The molecule has 0 saturated heterocycles. The lowest BCUT2D eigenvalue weighted by Gasteiger charge is -2.09. The zero-order valence-electron chi connectivity index (χ0n) is 9.82. The highest BCUT2D eigenvalue weighted by Crippen LogP contribution is 2.15. The third-order valence-electron chi connectivity index (χ3n) is 2.35. The number of nitrogens with zero attached hydrogens (tertiary/aromatic N) is 3. The molecule has 7 nitrogen and oxygen atoms in total. The van der Waals surface area contributed by atoms with E-state index in [9.17, 15) is 4.79 Å². The van der Waals surface area contributed by atoms with Crippen molar-refractivity contribution in [2.45, 2.75) is 0 Å². The van der Waals surface area contributed by atoms with Gasteiger partial charge in [0.25, 0.3) is 5.91 Å². The minimum absolute atomic E-state index is 0.0879. The average molecular weight is 257 g/mol. The largest absolute Gasteiger partial charge is 0.409 e. The quantitative estimate of drug-likeness (QED) is 0.326. The molecule has 1 aromatic carbocycles. The number of hydrogen-bond donors (Lipinski definition) is 3. The van der Waals surface area contributed by atoms with Crippen molar-refractivity contribution in [1.29, 1.82) is 0 Å². The number of oxime groups is 1. The van der Waals surface area contributed by atoms with Crippen LogP contribution in [-0.2, 0) is 0 Å². The fourth-order valence-corrected chi connectivity index (χ4v) is 1.47. The van der Waals surface area contributed by atoms with Crippen molar-refractivity contribution in [3.63, 3.8) is 0 Å². The van der Waals surface area contributed by atoms with E-state index in [0.29, 0.717) is 11.3 Å². The number of hydrogen-bond acceptors (Lipinski definition) is 5. The van der Waals surface area contributed by atoms with Crippen LogP contribution in [0.3, 0.4) is 0 Å². The molecule has 1 aromatic heterocycles. The van der Waals surface area contributed by atoms with Gasteiger partial charge in [0, 0.05) is 18.0 Å². The van der Waals surface area contributed by atoms with Crippen LogP contribution in [0.5, 0.6) is 0 Å². The second-order valence-electron chi connectivity index (χ2n) is 3.58. The lowest BCUT2D eigenvalue weighted by atomic mass is 10.1. The van der Waals surface area contributed by atoms with Gasteiger partial charge in [-0.15, -0.1) is 0 Å². The Morgan fingerprint density at radius 2 is 2.11 bits per heavy atom. The minimum Gasteiger partial charge on any atom is -0.409 e. The fraction of sp³-hybridized carbons (Fsp3) is 0. The van der Waals surface area contributed by atoms with E-state index < -0.39 is 5.91 Å². The molecule has 7 heteroatoms. The van der Waals surface area contributed by atoms with E-state index in [0.717, 1.165) is 0 Å². The molecule has 0 aliphatic carbocycles. The molecule has 96 valence electrons. The van der Waals surface area contributed by atoms with Gasteiger partial charge in [-0.2, -0.15) is 0 Å². The Morgan fingerprint density at radius 1 is 1.32 bits per heavy atom. The second kappa shape index (κ2) is 5.58. The highest BCUT2D eigenvalue weighted by Gasteiger charge is 2.11. The van der Waals surface area contributed by atoms with Crippen molar-refractivity contribution >= 4 is 17.4 Å². The predicted octanol–water partition coefficient (Wildman–Crippen LogP) is 0.823. The van der Waals surface area contributed by atoms with E-state index in [1.807, 2.05) is 0 Å². The zero-order valence-corrected chi connectivity index (χ0v) is 9.82. The molecule has 1 amide bonds. The van der Waals surface area contributed by atoms with E-state index >= 15 is 0 Å². The zero-order chi connectivity index (χ0) is 13.7. The maximum absolute atomic E-state index is 11.9. The topological polar surface area (TPSA) is 113 Å². The first-order valence-electron chi connectivity index (χ1n) is 5.36. The summed E-state index contributed by atoms with van der Waals surface area (Å²) in [5.74, 6) is -0.513. The number of rotatable bonds is 3. The SMILES string of the molecule is NC(=NO)c1ccccc1NC(=O)c1cnccn1. The van der Waals surface area contributed by atoms with E-state index in [1.165, 1.54) is 18.6 Å². The van der Waals surface area contributed by atoms with Crippen molar-refractivity contribution in [3.8, 4) is 0 Å². The molecule has 1 heterocycles. The minimum atomic E-state index is -0.425. The van der Waals surface area contributed by atoms with Gasteiger partial charge in [0.1, 0.15) is 5.69 Å². The average Bonchev–Trinajstić information content (AvgIpc) is 2.48. The Bertz CT molecular complexity index is 613. The lowest BCUT2D eigenvalue weighted by molar-refractivity contribution is 0.102. The van der Waals surface area contributed by atoms with E-state index in [4.69, 9.17) is 10.9 Å². The Balaban J connectivity index is 2.27. The van der Waals surface area contributed by atoms with Gasteiger partial charge >= 0.3 is 0 Å². The third kappa shape index (κ3) is 2.83. The Morgan fingerprint density at radius 3 is 2.79 bits per heavy atom. The number of anilines is 1. The maximum Gasteiger partial charge on any atom is 0.275 e. The highest BCUT2D eigenvalue weighted by molar-refractivity contribution is 6.09. The number of benzene rings is 1. The summed E-state index contributed by atoms with van der Waals surface area (Å²) in [6.45, 7) is 0. The molecule has 0 atom stereocenters. The van der Waals surface area contributed by atoms with Crippen LogP contribution < -0.4 is 11.1 Å². The number of para-hydroxylation sites is 1. The molecular weight excluding hydrogens is 246 g/mol. The van der Waals surface area contributed by atoms with Crippen LogP contribution in [0.2, 0.25) is 0 Å². The molecule has 19 heavy (non-hydrogen) atoms. The molecule has 4 N–H and O–H groups in total. The molecule has 0 aliphatic rings. The first kappa shape index (κ1) is 12.5. The van der Waals surface area contributed by atoms with Crippen LogP contribution in [-0.4, -0.2) is 26.9 Å². The van der Waals surface area contributed by atoms with Gasteiger partial charge < -0.3 is 16.3 Å². The maximum atomic E-state index is 11.9. The monoisotopic (exact) mass is 257 g/mol. The molecule has 2 aromatic rings. The number of nitrogens with one attached hydrogen (secondary N) is 1. The van der Waals surface area contributed by atoms with Gasteiger partial charge in [-0.25, -0.2) is 4.98 Å². The normalized spacial score (nSPS) is 11.1. The van der Waals surface area contributed by atoms with Gasteiger partial charge in [0.2, 0.25) is 0 Å². The molecule has 0 unspecified atom stereocenters. The Hall–Kier alpha value is -2.96. The molecular formula is C12H11N5O2. The summed E-state index contributed by atoms with van der Waals surface area (Å²) in [5.41, 5.74) is 6.55. The van der Waals surface area contributed by atoms with Crippen molar-refractivity contribution in [1.82, 2.24) is 9.97 Å². The van der Waals surface area contributed by atoms with Crippen LogP contribution in [0, 0.1) is 0 Å². The molecule has 0 radical (unpaired) electrons. The summed E-state index contributed by atoms with van der Waals surface area (Å²) in [7, 11) is 0. The molecule has 0 aliphatic heterocycles. The van der Waals surface area contributed by atoms with Crippen LogP contribution in [0.4, 0.5) is 5.69 Å². The first-order valence-corrected chi connectivity index (χ1v) is 5.36. The standard InChI is InChI=1S/C12H11N5O2/c13-11(17-19)8-3-1-2-4-9(8)16-12(18)10-7-14-5-6-15-10/h1-7,19H,(H2,13,17)(H,16,18). The van der Waals surface area contributed by atoms with E-state index in [2.05, 4.69) is 20.4 Å². The third-order valence-corrected chi connectivity index (χ3v) is 2.35. The van der Waals surface area contributed by atoms with E-state index in [1.54, 1.807) is 24.3 Å². The van der Waals surface area contributed by atoms with Gasteiger partial charge in [-0.1, -0.05) is 17.3 Å². The van der Waals surface area contributed by atoms with Crippen LogP contribution in [0.15, 0.2) is 48.0 Å². The molecule has 2 rings (SSSR count). The summed E-state index contributed by atoms with van der Waals surface area (Å²) >= 11 is 0. The predicted molar refractivity (Wildman–Crippen MR) is 68.9 cm³/mol. The lowest BCUT2D eigenvalue weighted by Crippen LogP contribution is -2.19. The van der Waals surface area contributed by atoms with Crippen LogP contribution >= 0.6 is 0 Å². The van der Waals surface area contributed by atoms with Gasteiger partial charge in [0.05, 0.1) is 11.9 Å². The van der Waals surface area contributed by atoms with Gasteiger partial charge in [-0.3, -0.25) is 9.78 Å². The number of nitrogens with two attached hydrogens (primary N) is 1. The van der Waals surface area contributed by atoms with Crippen LogP contribution in [0.25, 0.3) is 0 Å². The van der Waals surface area contributed by atoms with Gasteiger partial charge in [-0.05, 0) is 12.1 Å². The Labute approximate surface area is 108 Å². The van der Waals surface area contributed by atoms with Crippen molar-refractivity contribution in [2.75, 3.05) is 5.32 Å².